The quantitative estimate of drug-likeness (QED) is 0.634. The summed E-state index contributed by atoms with van der Waals surface area (Å²) in [5, 5.41) is 12.7. The van der Waals surface area contributed by atoms with E-state index in [0.29, 0.717) is 11.1 Å². The van der Waals surface area contributed by atoms with Crippen LogP contribution in [0.15, 0.2) is 18.2 Å². The lowest BCUT2D eigenvalue weighted by molar-refractivity contribution is -0.132. The number of ketones is 1. The van der Waals surface area contributed by atoms with Gasteiger partial charge in [-0.3, -0.25) is 9.59 Å². The maximum Gasteiger partial charge on any atom is 0.408 e. The van der Waals surface area contributed by atoms with Crippen LogP contribution >= 0.6 is 0 Å². The molecule has 1 amide bonds. The zero-order valence-electron chi connectivity index (χ0n) is 14.1. The van der Waals surface area contributed by atoms with Crippen molar-refractivity contribution >= 4 is 17.8 Å². The van der Waals surface area contributed by atoms with Crippen LogP contribution < -0.4 is 10.1 Å². The number of Topliss-reactive ketones (excluding diaryl/α,β-unsaturated/α-hetero) is 1. The van der Waals surface area contributed by atoms with Gasteiger partial charge in [-0.15, -0.1) is 0 Å². The summed E-state index contributed by atoms with van der Waals surface area (Å²) in [7, 11) is 0. The fourth-order valence-corrected chi connectivity index (χ4v) is 2.51. The van der Waals surface area contributed by atoms with Gasteiger partial charge in [0.25, 0.3) is 0 Å². The number of rotatable bonds is 2. The topological polar surface area (TPSA) is 102 Å². The van der Waals surface area contributed by atoms with E-state index >= 15 is 0 Å². The maximum atomic E-state index is 12.2. The first-order chi connectivity index (χ1) is 11.1. The minimum absolute atomic E-state index is 0.142. The molecular formula is C17H21NO6. The summed E-state index contributed by atoms with van der Waals surface area (Å²) in [6, 6.07) is 3.65. The van der Waals surface area contributed by atoms with E-state index < -0.39 is 29.8 Å². The van der Waals surface area contributed by atoms with Crippen molar-refractivity contribution in [1.29, 1.82) is 0 Å². The van der Waals surface area contributed by atoms with Crippen LogP contribution in [0, 0.1) is 0 Å². The lowest BCUT2D eigenvalue weighted by Gasteiger charge is -2.29. The molecule has 0 spiro atoms. The van der Waals surface area contributed by atoms with Crippen molar-refractivity contribution in [2.45, 2.75) is 51.9 Å². The van der Waals surface area contributed by atoms with Gasteiger partial charge >= 0.3 is 12.1 Å². The third kappa shape index (κ3) is 4.32. The molecule has 7 heteroatoms. The summed E-state index contributed by atoms with van der Waals surface area (Å²) in [5.41, 5.74) is 0.207. The molecule has 0 heterocycles. The van der Waals surface area contributed by atoms with E-state index in [-0.39, 0.29) is 18.0 Å². The van der Waals surface area contributed by atoms with Crippen LogP contribution in [0.3, 0.4) is 0 Å². The van der Waals surface area contributed by atoms with Crippen molar-refractivity contribution < 1.29 is 29.0 Å². The van der Waals surface area contributed by atoms with Gasteiger partial charge in [0, 0.05) is 13.3 Å². The number of aliphatic hydroxyl groups excluding tert-OH is 1. The molecule has 0 aromatic heterocycles. The van der Waals surface area contributed by atoms with Gasteiger partial charge in [-0.2, -0.15) is 0 Å². The highest BCUT2D eigenvalue weighted by Crippen LogP contribution is 2.36. The molecule has 1 unspecified atom stereocenters. The highest BCUT2D eigenvalue weighted by atomic mass is 16.6. The Morgan fingerprint density at radius 2 is 1.92 bits per heavy atom. The molecule has 0 fully saturated rings. The summed E-state index contributed by atoms with van der Waals surface area (Å²) in [5.74, 6) is -0.536. The molecule has 7 nitrogen and oxygen atoms in total. The summed E-state index contributed by atoms with van der Waals surface area (Å²) in [4.78, 5) is 35.2. The SMILES string of the molecule is CC(=O)Oc1ccc2c(c1)[C@H](O)CC(=O)C2NC(=O)OC(C)(C)C. The standard InChI is InChI=1S/C17H21NO6/c1-9(19)23-10-5-6-11-12(7-10)13(20)8-14(21)15(11)18-16(22)24-17(2,3)4/h5-7,13,15,20H,8H2,1-4H3,(H,18,22)/t13-,15?/m1/s1. The van der Waals surface area contributed by atoms with E-state index in [9.17, 15) is 19.5 Å². The third-order valence-corrected chi connectivity index (χ3v) is 3.37. The number of esters is 1. The van der Waals surface area contributed by atoms with Crippen molar-refractivity contribution in [3.05, 3.63) is 29.3 Å². The van der Waals surface area contributed by atoms with E-state index in [1.54, 1.807) is 26.8 Å². The van der Waals surface area contributed by atoms with E-state index in [2.05, 4.69) is 5.32 Å². The molecule has 0 aliphatic heterocycles. The van der Waals surface area contributed by atoms with Gasteiger partial charge in [0.05, 0.1) is 6.10 Å². The number of hydrogen-bond donors (Lipinski definition) is 2. The van der Waals surface area contributed by atoms with Crippen LogP contribution in [0.5, 0.6) is 5.75 Å². The second-order valence-electron chi connectivity index (χ2n) is 6.65. The normalized spacial score (nSPS) is 20.1. The van der Waals surface area contributed by atoms with Crippen molar-refractivity contribution in [1.82, 2.24) is 5.32 Å². The smallest absolute Gasteiger partial charge is 0.408 e. The van der Waals surface area contributed by atoms with Crippen LogP contribution in [0.25, 0.3) is 0 Å². The number of carbonyl (C=O) groups excluding carboxylic acids is 3. The Bertz CT molecular complexity index is 676. The Balaban J connectivity index is 2.28. The van der Waals surface area contributed by atoms with Gasteiger partial charge in [0.15, 0.2) is 5.78 Å². The molecule has 1 aromatic rings. The zero-order valence-corrected chi connectivity index (χ0v) is 14.1. The average molecular weight is 335 g/mol. The van der Waals surface area contributed by atoms with Crippen LogP contribution in [-0.4, -0.2) is 28.6 Å². The Morgan fingerprint density at radius 1 is 1.25 bits per heavy atom. The van der Waals surface area contributed by atoms with Crippen LogP contribution in [0.1, 0.15) is 57.4 Å². The molecule has 24 heavy (non-hydrogen) atoms. The first-order valence-electron chi connectivity index (χ1n) is 7.59. The Hall–Kier alpha value is -2.41. The van der Waals surface area contributed by atoms with Crippen molar-refractivity contribution in [3.63, 3.8) is 0 Å². The second kappa shape index (κ2) is 6.60. The summed E-state index contributed by atoms with van der Waals surface area (Å²) >= 11 is 0. The predicted molar refractivity (Wildman–Crippen MR) is 84.4 cm³/mol. The van der Waals surface area contributed by atoms with Crippen molar-refractivity contribution in [2.75, 3.05) is 0 Å². The van der Waals surface area contributed by atoms with E-state index in [1.807, 2.05) is 0 Å². The summed E-state index contributed by atoms with van der Waals surface area (Å²) < 4.78 is 10.2. The fourth-order valence-electron chi connectivity index (χ4n) is 2.51. The predicted octanol–water partition coefficient (Wildman–Crippen LogP) is 2.18. The Kier molecular flexibility index (Phi) is 4.94. The number of amides is 1. The van der Waals surface area contributed by atoms with E-state index in [0.717, 1.165) is 0 Å². The molecule has 0 saturated carbocycles. The molecule has 1 aliphatic carbocycles. The van der Waals surface area contributed by atoms with Crippen LogP contribution in [0.4, 0.5) is 4.79 Å². The number of aliphatic hydroxyl groups is 1. The van der Waals surface area contributed by atoms with Crippen molar-refractivity contribution in [2.24, 2.45) is 0 Å². The highest BCUT2D eigenvalue weighted by molar-refractivity contribution is 5.91. The molecule has 0 saturated heterocycles. The molecule has 2 N–H and O–H groups in total. The van der Waals surface area contributed by atoms with Gasteiger partial charge in [0.1, 0.15) is 17.4 Å². The number of ether oxygens (including phenoxy) is 2. The Morgan fingerprint density at radius 3 is 2.50 bits per heavy atom. The van der Waals surface area contributed by atoms with Gasteiger partial charge in [-0.05, 0) is 44.0 Å². The van der Waals surface area contributed by atoms with Gasteiger partial charge in [-0.25, -0.2) is 4.79 Å². The molecule has 1 aromatic carbocycles. The molecular weight excluding hydrogens is 314 g/mol. The van der Waals surface area contributed by atoms with Gasteiger partial charge < -0.3 is 19.9 Å². The minimum Gasteiger partial charge on any atom is -0.444 e. The number of hydrogen-bond acceptors (Lipinski definition) is 6. The monoisotopic (exact) mass is 335 g/mol. The van der Waals surface area contributed by atoms with E-state index in [1.165, 1.54) is 19.1 Å². The minimum atomic E-state index is -1.01. The highest BCUT2D eigenvalue weighted by Gasteiger charge is 2.35. The average Bonchev–Trinajstić information content (AvgIpc) is 2.41. The fraction of sp³-hybridized carbons (Fsp3) is 0.471. The lowest BCUT2D eigenvalue weighted by atomic mass is 9.84. The number of nitrogens with one attached hydrogen (secondary N) is 1. The number of carbonyl (C=O) groups is 3. The van der Waals surface area contributed by atoms with Gasteiger partial charge in [-0.1, -0.05) is 6.07 Å². The maximum absolute atomic E-state index is 12.2. The molecule has 1 aliphatic rings. The lowest BCUT2D eigenvalue weighted by Crippen LogP contribution is -2.40. The first kappa shape index (κ1) is 17.9. The zero-order chi connectivity index (χ0) is 18.1. The molecule has 2 atom stereocenters. The summed E-state index contributed by atoms with van der Waals surface area (Å²) in [6.45, 7) is 6.43. The third-order valence-electron chi connectivity index (χ3n) is 3.37. The largest absolute Gasteiger partial charge is 0.444 e. The molecule has 0 bridgehead atoms. The molecule has 0 radical (unpaired) electrons. The molecule has 2 rings (SSSR count). The van der Waals surface area contributed by atoms with Crippen LogP contribution in [-0.2, 0) is 14.3 Å². The first-order valence-corrected chi connectivity index (χ1v) is 7.59. The second-order valence-corrected chi connectivity index (χ2v) is 6.65. The number of alkyl carbamates (subject to hydrolysis) is 1. The van der Waals surface area contributed by atoms with Gasteiger partial charge in [0.2, 0.25) is 0 Å². The van der Waals surface area contributed by atoms with Crippen molar-refractivity contribution in [3.8, 4) is 5.75 Å². The van der Waals surface area contributed by atoms with Crippen LogP contribution in [0.2, 0.25) is 0 Å². The number of fused-ring (bicyclic) bond motifs is 1. The molecule has 130 valence electrons. The Labute approximate surface area is 139 Å². The summed E-state index contributed by atoms with van der Waals surface area (Å²) in [6.07, 6.45) is -1.87. The van der Waals surface area contributed by atoms with E-state index in [4.69, 9.17) is 9.47 Å². The number of benzene rings is 1.